The summed E-state index contributed by atoms with van der Waals surface area (Å²) in [5, 5.41) is 12.1. The van der Waals surface area contributed by atoms with Crippen LogP contribution in [-0.4, -0.2) is 47.1 Å². The average molecular weight is 419 g/mol. The number of hydrogen-bond acceptors (Lipinski definition) is 6. The molecule has 1 heterocycles. The summed E-state index contributed by atoms with van der Waals surface area (Å²) in [5.41, 5.74) is 0.328. The predicted molar refractivity (Wildman–Crippen MR) is 105 cm³/mol. The first-order valence-electron chi connectivity index (χ1n) is 8.95. The normalized spacial score (nSPS) is 14.1. The average Bonchev–Trinajstić information content (AvgIpc) is 2.72. The van der Waals surface area contributed by atoms with E-state index in [-0.39, 0.29) is 16.9 Å². The molecule has 29 heavy (non-hydrogen) atoms. The van der Waals surface area contributed by atoms with Gasteiger partial charge in [0.05, 0.1) is 13.7 Å². The van der Waals surface area contributed by atoms with Gasteiger partial charge in [-0.25, -0.2) is 4.79 Å². The summed E-state index contributed by atoms with van der Waals surface area (Å²) in [6, 6.07) is 6.37. The Morgan fingerprint density at radius 3 is 2.55 bits per heavy atom. The highest BCUT2D eigenvalue weighted by atomic mass is 35.5. The maximum atomic E-state index is 13.2. The SMILES string of the molecule is COC(=O)C(CO)NC(=O)c1cc2c(n(-c3ccc(Cl)cc3)c1=O)CCCC2=O. The van der Waals surface area contributed by atoms with Crippen LogP contribution in [0, 0.1) is 0 Å². The van der Waals surface area contributed by atoms with E-state index in [4.69, 9.17) is 11.6 Å². The lowest BCUT2D eigenvalue weighted by molar-refractivity contribution is -0.143. The number of methoxy groups -OCH3 is 1. The van der Waals surface area contributed by atoms with Gasteiger partial charge in [0.2, 0.25) is 0 Å². The number of esters is 1. The van der Waals surface area contributed by atoms with Crippen molar-refractivity contribution in [3.63, 3.8) is 0 Å². The number of fused-ring (bicyclic) bond motifs is 1. The predicted octanol–water partition coefficient (Wildman–Crippen LogP) is 1.27. The van der Waals surface area contributed by atoms with E-state index in [0.29, 0.717) is 35.7 Å². The van der Waals surface area contributed by atoms with Crippen LogP contribution in [0.1, 0.15) is 39.3 Å². The van der Waals surface area contributed by atoms with Gasteiger partial charge in [0.15, 0.2) is 11.8 Å². The molecule has 1 aromatic carbocycles. The van der Waals surface area contributed by atoms with Gasteiger partial charge in [-0.05, 0) is 43.2 Å². The fourth-order valence-corrected chi connectivity index (χ4v) is 3.40. The Hall–Kier alpha value is -2.97. The van der Waals surface area contributed by atoms with Crippen LogP contribution >= 0.6 is 11.6 Å². The fourth-order valence-electron chi connectivity index (χ4n) is 3.28. The molecule has 8 nitrogen and oxygen atoms in total. The van der Waals surface area contributed by atoms with Crippen LogP contribution < -0.4 is 10.9 Å². The summed E-state index contributed by atoms with van der Waals surface area (Å²) in [6.07, 6.45) is 1.41. The number of pyridine rings is 1. The Morgan fingerprint density at radius 1 is 1.24 bits per heavy atom. The van der Waals surface area contributed by atoms with Crippen molar-refractivity contribution in [3.05, 3.63) is 62.5 Å². The molecule has 1 unspecified atom stereocenters. The van der Waals surface area contributed by atoms with Crippen molar-refractivity contribution in [2.24, 2.45) is 0 Å². The van der Waals surface area contributed by atoms with Crippen molar-refractivity contribution in [3.8, 4) is 5.69 Å². The van der Waals surface area contributed by atoms with E-state index in [2.05, 4.69) is 10.1 Å². The third-order valence-electron chi connectivity index (χ3n) is 4.72. The monoisotopic (exact) mass is 418 g/mol. The summed E-state index contributed by atoms with van der Waals surface area (Å²) in [6.45, 7) is -0.701. The van der Waals surface area contributed by atoms with Gasteiger partial charge < -0.3 is 15.2 Å². The lowest BCUT2D eigenvalue weighted by Gasteiger charge is -2.22. The third kappa shape index (κ3) is 4.08. The molecule has 0 spiro atoms. The van der Waals surface area contributed by atoms with Crippen LogP contribution in [0.4, 0.5) is 0 Å². The van der Waals surface area contributed by atoms with Crippen molar-refractivity contribution < 1.29 is 24.2 Å². The van der Waals surface area contributed by atoms with Gasteiger partial charge in [0.25, 0.3) is 11.5 Å². The van der Waals surface area contributed by atoms with E-state index in [9.17, 15) is 24.3 Å². The van der Waals surface area contributed by atoms with Crippen LogP contribution in [0.5, 0.6) is 0 Å². The lowest BCUT2D eigenvalue weighted by Crippen LogP contribution is -2.46. The van der Waals surface area contributed by atoms with Gasteiger partial charge in [-0.15, -0.1) is 0 Å². The standard InChI is InChI=1S/C20H19ClN2O6/c1-29-20(28)15(10-24)22-18(26)14-9-13-16(3-2-4-17(13)25)23(19(14)27)12-7-5-11(21)6-8-12/h5-9,15,24H,2-4,10H2,1H3,(H,22,26). The van der Waals surface area contributed by atoms with Crippen LogP contribution in [-0.2, 0) is 16.0 Å². The molecule has 1 aliphatic rings. The fraction of sp³-hybridized carbons (Fsp3) is 0.300. The third-order valence-corrected chi connectivity index (χ3v) is 4.98. The number of Topliss-reactive ketones (excluding diaryl/α,β-unsaturated/α-hetero) is 1. The smallest absolute Gasteiger partial charge is 0.330 e. The number of carbonyl (C=O) groups is 3. The minimum Gasteiger partial charge on any atom is -0.467 e. The number of rotatable bonds is 5. The van der Waals surface area contributed by atoms with E-state index >= 15 is 0 Å². The van der Waals surface area contributed by atoms with Crippen molar-refractivity contribution in [2.75, 3.05) is 13.7 Å². The lowest BCUT2D eigenvalue weighted by atomic mass is 9.92. The van der Waals surface area contributed by atoms with E-state index in [0.717, 1.165) is 7.11 Å². The molecule has 1 amide bonds. The highest BCUT2D eigenvalue weighted by Crippen LogP contribution is 2.24. The van der Waals surface area contributed by atoms with E-state index < -0.39 is 30.1 Å². The van der Waals surface area contributed by atoms with Gasteiger partial charge in [-0.2, -0.15) is 0 Å². The Morgan fingerprint density at radius 2 is 1.93 bits per heavy atom. The molecule has 1 aromatic heterocycles. The maximum Gasteiger partial charge on any atom is 0.330 e. The number of nitrogens with one attached hydrogen (secondary N) is 1. The quantitative estimate of drug-likeness (QED) is 0.707. The molecule has 9 heteroatoms. The van der Waals surface area contributed by atoms with Crippen molar-refractivity contribution in [1.29, 1.82) is 0 Å². The summed E-state index contributed by atoms with van der Waals surface area (Å²) in [5.74, 6) is -1.91. The second-order valence-corrected chi connectivity index (χ2v) is 6.98. The molecule has 3 rings (SSSR count). The molecule has 2 aromatic rings. The van der Waals surface area contributed by atoms with Gasteiger partial charge in [-0.3, -0.25) is 19.0 Å². The van der Waals surface area contributed by atoms with E-state index in [1.165, 1.54) is 10.6 Å². The number of nitrogens with zero attached hydrogens (tertiary/aromatic N) is 1. The summed E-state index contributed by atoms with van der Waals surface area (Å²) < 4.78 is 5.84. The van der Waals surface area contributed by atoms with E-state index in [1.807, 2.05) is 0 Å². The van der Waals surface area contributed by atoms with Gasteiger partial charge in [0.1, 0.15) is 5.56 Å². The molecule has 0 saturated heterocycles. The minimum absolute atomic E-state index is 0.172. The molecular formula is C20H19ClN2O6. The zero-order valence-corrected chi connectivity index (χ0v) is 16.4. The number of carbonyl (C=O) groups excluding carboxylic acids is 3. The number of amides is 1. The first-order chi connectivity index (χ1) is 13.9. The highest BCUT2D eigenvalue weighted by molar-refractivity contribution is 6.30. The van der Waals surface area contributed by atoms with Crippen LogP contribution in [0.15, 0.2) is 35.1 Å². The molecule has 0 aliphatic heterocycles. The molecule has 1 aliphatic carbocycles. The molecular weight excluding hydrogens is 400 g/mol. The number of ketones is 1. The Bertz CT molecular complexity index is 1030. The largest absolute Gasteiger partial charge is 0.467 e. The zero-order valence-electron chi connectivity index (χ0n) is 15.6. The number of aromatic nitrogens is 1. The molecule has 0 bridgehead atoms. The number of hydrogen-bond donors (Lipinski definition) is 2. The number of ether oxygens (including phenoxy) is 1. The van der Waals surface area contributed by atoms with Crippen molar-refractivity contribution in [1.82, 2.24) is 9.88 Å². The molecule has 0 radical (unpaired) electrons. The van der Waals surface area contributed by atoms with Gasteiger partial charge in [-0.1, -0.05) is 11.6 Å². The Balaban J connectivity index is 2.15. The van der Waals surface area contributed by atoms with Gasteiger partial charge >= 0.3 is 5.97 Å². The number of halogens is 1. The molecule has 0 fully saturated rings. The zero-order chi connectivity index (χ0) is 21.1. The number of benzene rings is 1. The van der Waals surface area contributed by atoms with Crippen molar-refractivity contribution >= 4 is 29.3 Å². The van der Waals surface area contributed by atoms with Gasteiger partial charge in [0, 0.05) is 28.4 Å². The Kier molecular flexibility index (Phi) is 6.14. The maximum absolute atomic E-state index is 13.2. The number of aliphatic hydroxyl groups is 1. The first-order valence-corrected chi connectivity index (χ1v) is 9.32. The van der Waals surface area contributed by atoms with Crippen LogP contribution in [0.3, 0.4) is 0 Å². The summed E-state index contributed by atoms with van der Waals surface area (Å²) in [7, 11) is 1.11. The molecule has 2 N–H and O–H groups in total. The molecule has 0 saturated carbocycles. The second kappa shape index (κ2) is 8.59. The summed E-state index contributed by atoms with van der Waals surface area (Å²) >= 11 is 5.93. The topological polar surface area (TPSA) is 115 Å². The van der Waals surface area contributed by atoms with E-state index in [1.54, 1.807) is 24.3 Å². The van der Waals surface area contributed by atoms with Crippen molar-refractivity contribution in [2.45, 2.75) is 25.3 Å². The summed E-state index contributed by atoms with van der Waals surface area (Å²) in [4.78, 5) is 50.0. The highest BCUT2D eigenvalue weighted by Gasteiger charge is 2.28. The Labute approximate surface area is 171 Å². The minimum atomic E-state index is -1.33. The van der Waals surface area contributed by atoms with Crippen LogP contribution in [0.25, 0.3) is 5.69 Å². The number of aliphatic hydroxyl groups excluding tert-OH is 1. The van der Waals surface area contributed by atoms with Crippen LogP contribution in [0.2, 0.25) is 5.02 Å². The second-order valence-electron chi connectivity index (χ2n) is 6.54. The molecule has 1 atom stereocenters. The molecule has 152 valence electrons. The first kappa shape index (κ1) is 20.8.